The smallest absolute Gasteiger partial charge is 0.150 e. The lowest BCUT2D eigenvalue weighted by Crippen LogP contribution is -2.21. The van der Waals surface area contributed by atoms with Crippen LogP contribution in [0.5, 0.6) is 0 Å². The maximum absolute atomic E-state index is 5.28. The Bertz CT molecular complexity index is 1090. The Morgan fingerprint density at radius 1 is 1.07 bits per heavy atom. The summed E-state index contributed by atoms with van der Waals surface area (Å²) in [7, 11) is 1.71. The van der Waals surface area contributed by atoms with E-state index in [1.165, 1.54) is 5.56 Å². The molecule has 0 saturated heterocycles. The molecule has 0 aliphatic heterocycles. The number of aromatic nitrogens is 3. The van der Waals surface area contributed by atoms with Crippen LogP contribution < -0.4 is 5.32 Å². The molecule has 2 aromatic carbocycles. The van der Waals surface area contributed by atoms with Gasteiger partial charge in [-0.3, -0.25) is 0 Å². The number of fused-ring (bicyclic) bond motifs is 1. The fourth-order valence-electron chi connectivity index (χ4n) is 3.51. The SMILES string of the molecule is COC[C@@H](C)Nc1ncnc2c1c(-c1ccccc1)cn2-c1cccc(C)c1. The molecule has 0 fully saturated rings. The van der Waals surface area contributed by atoms with E-state index in [1.807, 2.05) is 6.07 Å². The van der Waals surface area contributed by atoms with Gasteiger partial charge in [0.05, 0.1) is 12.0 Å². The molecular weight excluding hydrogens is 348 g/mol. The number of nitrogens with one attached hydrogen (secondary N) is 1. The van der Waals surface area contributed by atoms with Gasteiger partial charge >= 0.3 is 0 Å². The van der Waals surface area contributed by atoms with Gasteiger partial charge in [-0.15, -0.1) is 0 Å². The summed E-state index contributed by atoms with van der Waals surface area (Å²) in [6.07, 6.45) is 3.76. The van der Waals surface area contributed by atoms with Crippen LogP contribution >= 0.6 is 0 Å². The monoisotopic (exact) mass is 372 g/mol. The summed E-state index contributed by atoms with van der Waals surface area (Å²) in [6.45, 7) is 4.78. The molecule has 4 rings (SSSR count). The van der Waals surface area contributed by atoms with Crippen molar-refractivity contribution < 1.29 is 4.74 Å². The minimum Gasteiger partial charge on any atom is -0.383 e. The number of anilines is 1. The molecule has 5 nitrogen and oxygen atoms in total. The molecule has 0 aliphatic carbocycles. The maximum Gasteiger partial charge on any atom is 0.150 e. The lowest BCUT2D eigenvalue weighted by molar-refractivity contribution is 0.190. The van der Waals surface area contributed by atoms with Gasteiger partial charge in [0.15, 0.2) is 5.65 Å². The maximum atomic E-state index is 5.28. The number of methoxy groups -OCH3 is 1. The van der Waals surface area contributed by atoms with Gasteiger partial charge in [-0.2, -0.15) is 0 Å². The summed E-state index contributed by atoms with van der Waals surface area (Å²) < 4.78 is 7.42. The molecule has 5 heteroatoms. The van der Waals surface area contributed by atoms with Crippen molar-refractivity contribution >= 4 is 16.9 Å². The van der Waals surface area contributed by atoms with Crippen LogP contribution in [-0.2, 0) is 4.74 Å². The van der Waals surface area contributed by atoms with Crippen LogP contribution in [0.25, 0.3) is 27.8 Å². The second-order valence-electron chi connectivity index (χ2n) is 7.04. The Morgan fingerprint density at radius 3 is 2.64 bits per heavy atom. The molecule has 2 heterocycles. The first-order valence-corrected chi connectivity index (χ1v) is 9.41. The average Bonchev–Trinajstić information content (AvgIpc) is 3.10. The second-order valence-corrected chi connectivity index (χ2v) is 7.04. The van der Waals surface area contributed by atoms with Crippen LogP contribution in [-0.4, -0.2) is 34.3 Å². The van der Waals surface area contributed by atoms with Gasteiger partial charge in [0.1, 0.15) is 12.1 Å². The van der Waals surface area contributed by atoms with Crippen molar-refractivity contribution in [2.75, 3.05) is 19.0 Å². The zero-order valence-corrected chi connectivity index (χ0v) is 16.4. The Morgan fingerprint density at radius 2 is 1.89 bits per heavy atom. The molecule has 4 aromatic rings. The number of ether oxygens (including phenoxy) is 1. The highest BCUT2D eigenvalue weighted by Crippen LogP contribution is 2.35. The normalized spacial score (nSPS) is 12.2. The Hall–Kier alpha value is -3.18. The Balaban J connectivity index is 1.95. The van der Waals surface area contributed by atoms with Crippen molar-refractivity contribution in [2.24, 2.45) is 0 Å². The van der Waals surface area contributed by atoms with Crippen LogP contribution in [0.4, 0.5) is 5.82 Å². The molecule has 0 aliphatic rings. The zero-order valence-electron chi connectivity index (χ0n) is 16.4. The molecule has 0 bridgehead atoms. The van der Waals surface area contributed by atoms with Gasteiger partial charge in [-0.05, 0) is 37.1 Å². The molecule has 0 unspecified atom stereocenters. The van der Waals surface area contributed by atoms with Crippen molar-refractivity contribution in [1.82, 2.24) is 14.5 Å². The number of aryl methyl sites for hydroxylation is 1. The van der Waals surface area contributed by atoms with Crippen LogP contribution in [0.1, 0.15) is 12.5 Å². The zero-order chi connectivity index (χ0) is 19.5. The summed E-state index contributed by atoms with van der Waals surface area (Å²) >= 11 is 0. The fraction of sp³-hybridized carbons (Fsp3) is 0.217. The van der Waals surface area contributed by atoms with Crippen LogP contribution in [0, 0.1) is 6.92 Å². The molecule has 0 radical (unpaired) electrons. The van der Waals surface area contributed by atoms with Gasteiger partial charge in [0.2, 0.25) is 0 Å². The third-order valence-corrected chi connectivity index (χ3v) is 4.75. The first kappa shape index (κ1) is 18.2. The average molecular weight is 372 g/mol. The van der Waals surface area contributed by atoms with Crippen LogP contribution in [0.2, 0.25) is 0 Å². The largest absolute Gasteiger partial charge is 0.383 e. The van der Waals surface area contributed by atoms with E-state index in [0.29, 0.717) is 6.61 Å². The molecule has 142 valence electrons. The summed E-state index contributed by atoms with van der Waals surface area (Å²) in [5.74, 6) is 0.819. The van der Waals surface area contributed by atoms with Crippen molar-refractivity contribution in [3.8, 4) is 16.8 Å². The molecule has 2 aromatic heterocycles. The van der Waals surface area contributed by atoms with E-state index in [-0.39, 0.29) is 6.04 Å². The number of nitrogens with zero attached hydrogens (tertiary/aromatic N) is 3. The Labute approximate surface area is 165 Å². The molecule has 0 saturated carbocycles. The topological polar surface area (TPSA) is 52.0 Å². The lowest BCUT2D eigenvalue weighted by atomic mass is 10.1. The van der Waals surface area contributed by atoms with Crippen molar-refractivity contribution in [2.45, 2.75) is 19.9 Å². The number of rotatable bonds is 6. The van der Waals surface area contributed by atoms with Crippen molar-refractivity contribution in [1.29, 1.82) is 0 Å². The predicted octanol–water partition coefficient (Wildman–Crippen LogP) is 4.84. The number of hydrogen-bond acceptors (Lipinski definition) is 4. The second kappa shape index (κ2) is 7.82. The highest BCUT2D eigenvalue weighted by Gasteiger charge is 2.18. The Kier molecular flexibility index (Phi) is 5.08. The van der Waals surface area contributed by atoms with E-state index >= 15 is 0 Å². The van der Waals surface area contributed by atoms with Gasteiger partial charge in [0.25, 0.3) is 0 Å². The molecule has 28 heavy (non-hydrogen) atoms. The third kappa shape index (κ3) is 3.49. The summed E-state index contributed by atoms with van der Waals surface area (Å²) in [5.41, 5.74) is 5.41. The lowest BCUT2D eigenvalue weighted by Gasteiger charge is -2.14. The molecule has 1 atom stereocenters. The fourth-order valence-corrected chi connectivity index (χ4v) is 3.51. The molecule has 0 amide bonds. The predicted molar refractivity (Wildman–Crippen MR) is 114 cm³/mol. The number of benzene rings is 2. The minimum absolute atomic E-state index is 0.133. The van der Waals surface area contributed by atoms with Crippen LogP contribution in [0.3, 0.4) is 0 Å². The molecular formula is C23H24N4O. The minimum atomic E-state index is 0.133. The third-order valence-electron chi connectivity index (χ3n) is 4.75. The van der Waals surface area contributed by atoms with E-state index in [9.17, 15) is 0 Å². The first-order chi connectivity index (χ1) is 13.7. The first-order valence-electron chi connectivity index (χ1n) is 9.41. The highest BCUT2D eigenvalue weighted by atomic mass is 16.5. The van der Waals surface area contributed by atoms with E-state index < -0.39 is 0 Å². The standard InChI is InChI=1S/C23H24N4O/c1-16-8-7-11-19(12-16)27-13-20(18-9-5-4-6-10-18)21-22(24-15-25-23(21)27)26-17(2)14-28-3/h4-13,15,17H,14H2,1-3H3,(H,24,25,26)/t17-/m1/s1. The van der Waals surface area contributed by atoms with E-state index in [1.54, 1.807) is 13.4 Å². The summed E-state index contributed by atoms with van der Waals surface area (Å²) in [4.78, 5) is 9.18. The number of hydrogen-bond donors (Lipinski definition) is 1. The van der Waals surface area contributed by atoms with E-state index in [4.69, 9.17) is 4.74 Å². The van der Waals surface area contributed by atoms with Gasteiger partial charge in [-0.1, -0.05) is 42.5 Å². The quantitative estimate of drug-likeness (QED) is 0.526. The summed E-state index contributed by atoms with van der Waals surface area (Å²) in [6, 6.07) is 18.9. The molecule has 0 spiro atoms. The van der Waals surface area contributed by atoms with Gasteiger partial charge < -0.3 is 14.6 Å². The van der Waals surface area contributed by atoms with Crippen molar-refractivity contribution in [3.63, 3.8) is 0 Å². The molecule has 1 N–H and O–H groups in total. The van der Waals surface area contributed by atoms with E-state index in [2.05, 4.69) is 88.4 Å². The van der Waals surface area contributed by atoms with Crippen molar-refractivity contribution in [3.05, 3.63) is 72.7 Å². The van der Waals surface area contributed by atoms with Crippen LogP contribution in [0.15, 0.2) is 67.1 Å². The van der Waals surface area contributed by atoms with Gasteiger partial charge in [0, 0.05) is 30.6 Å². The van der Waals surface area contributed by atoms with E-state index in [0.717, 1.165) is 33.7 Å². The highest BCUT2D eigenvalue weighted by molar-refractivity contribution is 6.02. The summed E-state index contributed by atoms with van der Waals surface area (Å²) in [5, 5.41) is 4.49. The van der Waals surface area contributed by atoms with Gasteiger partial charge in [-0.25, -0.2) is 9.97 Å².